The molecule has 0 unspecified atom stereocenters. The Morgan fingerprint density at radius 3 is 2.28 bits per heavy atom. The van der Waals surface area contributed by atoms with E-state index < -0.39 is 17.9 Å². The summed E-state index contributed by atoms with van der Waals surface area (Å²) in [6.07, 6.45) is 2.44. The zero-order valence-corrected chi connectivity index (χ0v) is 14.2. The van der Waals surface area contributed by atoms with Crippen LogP contribution in [0.4, 0.5) is 0 Å². The highest BCUT2D eigenvalue weighted by molar-refractivity contribution is 6.01. The highest BCUT2D eigenvalue weighted by Gasteiger charge is 2.28. The minimum absolute atomic E-state index is 0.188. The molecule has 0 aliphatic carbocycles. The number of imide groups is 1. The maximum atomic E-state index is 12.2. The highest BCUT2D eigenvalue weighted by atomic mass is 16.4. The van der Waals surface area contributed by atoms with Gasteiger partial charge in [0, 0.05) is 18.4 Å². The van der Waals surface area contributed by atoms with Crippen LogP contribution < -0.4 is 5.32 Å². The van der Waals surface area contributed by atoms with Crippen molar-refractivity contribution in [3.8, 4) is 0 Å². The number of amides is 3. The minimum atomic E-state index is -1.05. The smallest absolute Gasteiger partial charge is 0.326 e. The largest absolute Gasteiger partial charge is 0.480 e. The lowest BCUT2D eigenvalue weighted by Crippen LogP contribution is -2.40. The first-order valence-corrected chi connectivity index (χ1v) is 8.38. The molecule has 1 saturated heterocycles. The van der Waals surface area contributed by atoms with E-state index in [0.717, 1.165) is 12.0 Å². The Hall–Kier alpha value is -2.70. The molecule has 2 N–H and O–H groups in total. The zero-order chi connectivity index (χ0) is 18.4. The number of likely N-dealkylation sites (tertiary alicyclic amines) is 1. The van der Waals surface area contributed by atoms with E-state index >= 15 is 0 Å². The lowest BCUT2D eigenvalue weighted by Gasteiger charge is -2.15. The number of benzene rings is 1. The van der Waals surface area contributed by atoms with Crippen molar-refractivity contribution >= 4 is 23.7 Å². The molecule has 1 heterocycles. The SMILES string of the molecule is CCCC[C@H](NC(=O)c1ccc(CN2C(=O)CCC2=O)cc1)C(=O)O. The lowest BCUT2D eigenvalue weighted by molar-refractivity contribution is -0.140. The zero-order valence-electron chi connectivity index (χ0n) is 14.2. The van der Waals surface area contributed by atoms with E-state index in [4.69, 9.17) is 5.11 Å². The summed E-state index contributed by atoms with van der Waals surface area (Å²) in [6, 6.07) is 5.54. The molecule has 0 spiro atoms. The first-order chi connectivity index (χ1) is 11.9. The fraction of sp³-hybridized carbons (Fsp3) is 0.444. The summed E-state index contributed by atoms with van der Waals surface area (Å²) >= 11 is 0. The quantitative estimate of drug-likeness (QED) is 0.697. The number of rotatable bonds is 8. The van der Waals surface area contributed by atoms with E-state index in [1.54, 1.807) is 24.3 Å². The van der Waals surface area contributed by atoms with Gasteiger partial charge >= 0.3 is 5.97 Å². The molecule has 1 atom stereocenters. The van der Waals surface area contributed by atoms with Gasteiger partial charge in [0.15, 0.2) is 0 Å². The van der Waals surface area contributed by atoms with Crippen molar-refractivity contribution in [2.75, 3.05) is 0 Å². The predicted octanol–water partition coefficient (Wildman–Crippen LogP) is 1.71. The maximum absolute atomic E-state index is 12.2. The summed E-state index contributed by atoms with van der Waals surface area (Å²) in [4.78, 5) is 47.8. The van der Waals surface area contributed by atoms with Crippen LogP contribution in [0.15, 0.2) is 24.3 Å². The monoisotopic (exact) mass is 346 g/mol. The molecule has 25 heavy (non-hydrogen) atoms. The Morgan fingerprint density at radius 2 is 1.76 bits per heavy atom. The lowest BCUT2D eigenvalue weighted by atomic mass is 10.1. The second-order valence-electron chi connectivity index (χ2n) is 6.08. The van der Waals surface area contributed by atoms with Crippen LogP contribution in [0, 0.1) is 0 Å². The summed E-state index contributed by atoms with van der Waals surface area (Å²) in [5, 5.41) is 11.7. The topological polar surface area (TPSA) is 104 Å². The molecule has 0 saturated carbocycles. The van der Waals surface area contributed by atoms with Gasteiger partial charge in [0.1, 0.15) is 6.04 Å². The normalized spacial score (nSPS) is 15.3. The van der Waals surface area contributed by atoms with E-state index in [-0.39, 0.29) is 31.2 Å². The number of carbonyl (C=O) groups is 4. The van der Waals surface area contributed by atoms with E-state index in [2.05, 4.69) is 5.32 Å². The van der Waals surface area contributed by atoms with E-state index in [1.165, 1.54) is 4.90 Å². The van der Waals surface area contributed by atoms with Crippen LogP contribution in [-0.4, -0.2) is 39.7 Å². The van der Waals surface area contributed by atoms with Crippen LogP contribution in [-0.2, 0) is 20.9 Å². The van der Waals surface area contributed by atoms with Crippen LogP contribution in [0.1, 0.15) is 54.9 Å². The highest BCUT2D eigenvalue weighted by Crippen LogP contribution is 2.16. The average Bonchev–Trinajstić information content (AvgIpc) is 2.90. The number of nitrogens with zero attached hydrogens (tertiary/aromatic N) is 1. The number of aliphatic carboxylic acids is 1. The summed E-state index contributed by atoms with van der Waals surface area (Å²) < 4.78 is 0. The van der Waals surface area contributed by atoms with Crippen molar-refractivity contribution in [2.45, 2.75) is 51.6 Å². The summed E-state index contributed by atoms with van der Waals surface area (Å²) in [7, 11) is 0. The van der Waals surface area contributed by atoms with Crippen LogP contribution in [0.3, 0.4) is 0 Å². The van der Waals surface area contributed by atoms with Crippen LogP contribution in [0.2, 0.25) is 0 Å². The summed E-state index contributed by atoms with van der Waals surface area (Å²) in [6.45, 7) is 2.14. The first kappa shape index (κ1) is 18.6. The van der Waals surface area contributed by atoms with E-state index in [0.29, 0.717) is 18.4 Å². The molecule has 0 bridgehead atoms. The van der Waals surface area contributed by atoms with Crippen LogP contribution in [0.5, 0.6) is 0 Å². The van der Waals surface area contributed by atoms with Gasteiger partial charge < -0.3 is 10.4 Å². The van der Waals surface area contributed by atoms with Gasteiger partial charge in [0.25, 0.3) is 5.91 Å². The van der Waals surface area contributed by atoms with Crippen LogP contribution >= 0.6 is 0 Å². The number of carbonyl (C=O) groups excluding carboxylic acids is 3. The third-order valence-electron chi connectivity index (χ3n) is 4.16. The van der Waals surface area contributed by atoms with E-state index in [9.17, 15) is 19.2 Å². The van der Waals surface area contributed by atoms with Crippen molar-refractivity contribution in [1.82, 2.24) is 10.2 Å². The molecule has 7 heteroatoms. The van der Waals surface area contributed by atoms with Crippen molar-refractivity contribution in [1.29, 1.82) is 0 Å². The van der Waals surface area contributed by atoms with E-state index in [1.807, 2.05) is 6.92 Å². The summed E-state index contributed by atoms with van der Waals surface area (Å²) in [5.74, 6) is -1.88. The van der Waals surface area contributed by atoms with Crippen molar-refractivity contribution < 1.29 is 24.3 Å². The molecule has 1 aliphatic rings. The molecule has 134 valence electrons. The van der Waals surface area contributed by atoms with Gasteiger partial charge in [-0.05, 0) is 24.1 Å². The maximum Gasteiger partial charge on any atom is 0.326 e. The molecule has 1 aromatic carbocycles. The fourth-order valence-electron chi connectivity index (χ4n) is 2.65. The van der Waals surface area contributed by atoms with Gasteiger partial charge in [-0.3, -0.25) is 19.3 Å². The first-order valence-electron chi connectivity index (χ1n) is 8.38. The minimum Gasteiger partial charge on any atom is -0.480 e. The fourth-order valence-corrected chi connectivity index (χ4v) is 2.65. The molecular formula is C18H22N2O5. The third-order valence-corrected chi connectivity index (χ3v) is 4.16. The number of hydrogen-bond acceptors (Lipinski definition) is 4. The van der Waals surface area contributed by atoms with Gasteiger partial charge in [-0.25, -0.2) is 4.79 Å². The van der Waals surface area contributed by atoms with Gasteiger partial charge in [-0.1, -0.05) is 31.9 Å². The molecule has 1 aromatic rings. The molecule has 0 radical (unpaired) electrons. The van der Waals surface area contributed by atoms with Gasteiger partial charge in [0.2, 0.25) is 11.8 Å². The van der Waals surface area contributed by atoms with Crippen LogP contribution in [0.25, 0.3) is 0 Å². The predicted molar refractivity (Wildman–Crippen MR) is 89.6 cm³/mol. The number of carboxylic acid groups (broad SMARTS) is 1. The van der Waals surface area contributed by atoms with Crippen molar-refractivity contribution in [3.05, 3.63) is 35.4 Å². The standard InChI is InChI=1S/C18H22N2O5/c1-2-3-4-14(18(24)25)19-17(23)13-7-5-12(6-8-13)11-20-15(21)9-10-16(20)22/h5-8,14H,2-4,9-11H2,1H3,(H,19,23)(H,24,25)/t14-/m0/s1. The molecule has 2 rings (SSSR count). The molecule has 1 aliphatic heterocycles. The Morgan fingerprint density at radius 1 is 1.16 bits per heavy atom. The van der Waals surface area contributed by atoms with Crippen molar-refractivity contribution in [3.63, 3.8) is 0 Å². The molecule has 7 nitrogen and oxygen atoms in total. The Bertz CT molecular complexity index is 653. The molecule has 0 aromatic heterocycles. The number of nitrogens with one attached hydrogen (secondary N) is 1. The van der Waals surface area contributed by atoms with Gasteiger partial charge in [-0.2, -0.15) is 0 Å². The molecular weight excluding hydrogens is 324 g/mol. The average molecular weight is 346 g/mol. The molecule has 3 amide bonds. The van der Waals surface area contributed by atoms with Gasteiger partial charge in [-0.15, -0.1) is 0 Å². The Kier molecular flexibility index (Phi) is 6.27. The second-order valence-corrected chi connectivity index (χ2v) is 6.08. The second kappa shape index (κ2) is 8.41. The number of carboxylic acids is 1. The van der Waals surface area contributed by atoms with Gasteiger partial charge in [0.05, 0.1) is 6.54 Å². The Labute approximate surface area is 146 Å². The number of hydrogen-bond donors (Lipinski definition) is 2. The summed E-state index contributed by atoms with van der Waals surface area (Å²) in [5.41, 5.74) is 1.08. The molecule has 1 fully saturated rings. The van der Waals surface area contributed by atoms with Crippen molar-refractivity contribution in [2.24, 2.45) is 0 Å². The Balaban J connectivity index is 1.98. The third kappa shape index (κ3) is 4.89. The number of unbranched alkanes of at least 4 members (excludes halogenated alkanes) is 1.